The number of hydrogen-bond donors (Lipinski definition) is 1. The standard InChI is InChI=1S/C19H18F3N5O2/c20-19(21,22)11-29-14-4-3-13(24-8-14)9-27-10-15-16(26-27)5-6-23-18(15)25-17(28)7-12-1-2-12/h3-6,8,10,12H,1-2,7,9,11H2,(H,23,25,28). The number of carbonyl (C=O) groups excluding carboxylic acids is 1. The highest BCUT2D eigenvalue weighted by molar-refractivity contribution is 5.99. The zero-order valence-electron chi connectivity index (χ0n) is 15.3. The van der Waals surface area contributed by atoms with E-state index < -0.39 is 12.8 Å². The van der Waals surface area contributed by atoms with Gasteiger partial charge in [0.15, 0.2) is 6.61 Å². The predicted octanol–water partition coefficient (Wildman–Crippen LogP) is 3.55. The van der Waals surface area contributed by atoms with Gasteiger partial charge in [-0.15, -0.1) is 0 Å². The summed E-state index contributed by atoms with van der Waals surface area (Å²) in [6, 6.07) is 4.75. The SMILES string of the molecule is O=C(CC1CC1)Nc1nccc2nn(Cc3ccc(OCC(F)(F)F)cn3)cc12. The molecule has 7 nitrogen and oxygen atoms in total. The van der Waals surface area contributed by atoms with E-state index in [0.29, 0.717) is 41.3 Å². The first-order valence-corrected chi connectivity index (χ1v) is 9.12. The van der Waals surface area contributed by atoms with Crippen LogP contribution in [0, 0.1) is 5.92 Å². The number of hydrogen-bond acceptors (Lipinski definition) is 5. The number of carbonyl (C=O) groups is 1. The van der Waals surface area contributed by atoms with Crippen molar-refractivity contribution in [2.75, 3.05) is 11.9 Å². The minimum absolute atomic E-state index is 0.0431. The number of amides is 1. The molecule has 1 saturated carbocycles. The number of nitrogens with one attached hydrogen (secondary N) is 1. The van der Waals surface area contributed by atoms with Gasteiger partial charge < -0.3 is 10.1 Å². The summed E-state index contributed by atoms with van der Waals surface area (Å²) in [5, 5.41) is 8.00. The molecule has 1 fully saturated rings. The predicted molar refractivity (Wildman–Crippen MR) is 98.4 cm³/mol. The number of anilines is 1. The van der Waals surface area contributed by atoms with Crippen LogP contribution in [-0.2, 0) is 11.3 Å². The fourth-order valence-electron chi connectivity index (χ4n) is 2.86. The van der Waals surface area contributed by atoms with E-state index in [4.69, 9.17) is 0 Å². The van der Waals surface area contributed by atoms with Crippen LogP contribution in [0.5, 0.6) is 5.75 Å². The number of halogens is 3. The second-order valence-electron chi connectivity index (χ2n) is 7.00. The van der Waals surface area contributed by atoms with Crippen LogP contribution in [0.3, 0.4) is 0 Å². The Morgan fingerprint density at radius 2 is 2.07 bits per heavy atom. The third-order valence-electron chi connectivity index (χ3n) is 4.43. The fraction of sp³-hybridized carbons (Fsp3) is 0.368. The maximum Gasteiger partial charge on any atom is 0.422 e. The van der Waals surface area contributed by atoms with Crippen molar-refractivity contribution in [1.29, 1.82) is 0 Å². The first kappa shape index (κ1) is 19.2. The average molecular weight is 405 g/mol. The monoisotopic (exact) mass is 405 g/mol. The van der Waals surface area contributed by atoms with E-state index in [1.54, 1.807) is 29.2 Å². The molecule has 1 amide bonds. The molecule has 4 rings (SSSR count). The minimum Gasteiger partial charge on any atom is -0.483 e. The number of ether oxygens (including phenoxy) is 1. The van der Waals surface area contributed by atoms with Gasteiger partial charge in [-0.1, -0.05) is 0 Å². The van der Waals surface area contributed by atoms with Gasteiger partial charge in [0, 0.05) is 18.8 Å². The molecule has 0 atom stereocenters. The van der Waals surface area contributed by atoms with Gasteiger partial charge in [-0.05, 0) is 37.0 Å². The summed E-state index contributed by atoms with van der Waals surface area (Å²) in [4.78, 5) is 20.4. The molecule has 29 heavy (non-hydrogen) atoms. The van der Waals surface area contributed by atoms with Gasteiger partial charge in [0.2, 0.25) is 5.91 Å². The van der Waals surface area contributed by atoms with E-state index in [1.807, 2.05) is 0 Å². The van der Waals surface area contributed by atoms with Crippen molar-refractivity contribution in [2.24, 2.45) is 5.92 Å². The molecule has 0 unspecified atom stereocenters. The Kier molecular flexibility index (Phi) is 5.08. The van der Waals surface area contributed by atoms with Crippen molar-refractivity contribution < 1.29 is 22.7 Å². The van der Waals surface area contributed by atoms with Crippen LogP contribution in [0.25, 0.3) is 10.9 Å². The summed E-state index contributed by atoms with van der Waals surface area (Å²) >= 11 is 0. The fourth-order valence-corrected chi connectivity index (χ4v) is 2.86. The topological polar surface area (TPSA) is 81.9 Å². The van der Waals surface area contributed by atoms with Crippen molar-refractivity contribution in [2.45, 2.75) is 32.0 Å². The summed E-state index contributed by atoms with van der Waals surface area (Å²) in [6.07, 6.45) is 2.87. The quantitative estimate of drug-likeness (QED) is 0.650. The first-order valence-electron chi connectivity index (χ1n) is 9.12. The maximum atomic E-state index is 12.2. The molecule has 3 heterocycles. The molecule has 0 aliphatic heterocycles. The van der Waals surface area contributed by atoms with Gasteiger partial charge in [0.25, 0.3) is 0 Å². The summed E-state index contributed by atoms with van der Waals surface area (Å²) in [5.41, 5.74) is 1.27. The van der Waals surface area contributed by atoms with Gasteiger partial charge in [0.1, 0.15) is 11.6 Å². The van der Waals surface area contributed by atoms with Gasteiger partial charge in [-0.2, -0.15) is 18.3 Å². The Morgan fingerprint density at radius 3 is 2.76 bits per heavy atom. The van der Waals surface area contributed by atoms with Crippen molar-refractivity contribution in [3.63, 3.8) is 0 Å². The second kappa shape index (κ2) is 7.69. The molecular formula is C19H18F3N5O2. The third-order valence-corrected chi connectivity index (χ3v) is 4.43. The number of alkyl halides is 3. The molecular weight excluding hydrogens is 387 g/mol. The van der Waals surface area contributed by atoms with Crippen LogP contribution >= 0.6 is 0 Å². The summed E-state index contributed by atoms with van der Waals surface area (Å²) in [5.74, 6) is 0.923. The lowest BCUT2D eigenvalue weighted by Crippen LogP contribution is -2.19. The van der Waals surface area contributed by atoms with Gasteiger partial charge >= 0.3 is 6.18 Å². The van der Waals surface area contributed by atoms with Crippen molar-refractivity contribution in [3.05, 3.63) is 42.5 Å². The Bertz CT molecular complexity index is 1010. The van der Waals surface area contributed by atoms with Crippen molar-refractivity contribution >= 4 is 22.6 Å². The number of fused-ring (bicyclic) bond motifs is 1. The highest BCUT2D eigenvalue weighted by Crippen LogP contribution is 2.32. The molecule has 0 aromatic carbocycles. The molecule has 0 saturated heterocycles. The molecule has 1 aliphatic rings. The highest BCUT2D eigenvalue weighted by atomic mass is 19.4. The lowest BCUT2D eigenvalue weighted by Gasteiger charge is -2.09. The molecule has 10 heteroatoms. The number of nitrogens with zero attached hydrogens (tertiary/aromatic N) is 4. The van der Waals surface area contributed by atoms with Crippen LogP contribution in [0.15, 0.2) is 36.8 Å². The molecule has 0 radical (unpaired) electrons. The van der Waals surface area contributed by atoms with E-state index in [0.717, 1.165) is 12.8 Å². The maximum absolute atomic E-state index is 12.2. The molecule has 0 spiro atoms. The lowest BCUT2D eigenvalue weighted by molar-refractivity contribution is -0.153. The van der Waals surface area contributed by atoms with E-state index in [2.05, 4.69) is 25.1 Å². The molecule has 0 bridgehead atoms. The molecule has 152 valence electrons. The van der Waals surface area contributed by atoms with Crippen LogP contribution in [0.1, 0.15) is 25.0 Å². The largest absolute Gasteiger partial charge is 0.483 e. The average Bonchev–Trinajstić information content (AvgIpc) is 3.37. The van der Waals surface area contributed by atoms with Crippen molar-refractivity contribution in [1.82, 2.24) is 19.7 Å². The zero-order chi connectivity index (χ0) is 20.4. The zero-order valence-corrected chi connectivity index (χ0v) is 15.3. The third kappa shape index (κ3) is 5.21. The second-order valence-corrected chi connectivity index (χ2v) is 7.00. The normalized spacial score (nSPS) is 14.2. The molecule has 1 N–H and O–H groups in total. The van der Waals surface area contributed by atoms with E-state index >= 15 is 0 Å². The van der Waals surface area contributed by atoms with Crippen LogP contribution in [-0.4, -0.2) is 38.4 Å². The van der Waals surface area contributed by atoms with Crippen LogP contribution in [0.2, 0.25) is 0 Å². The van der Waals surface area contributed by atoms with Crippen molar-refractivity contribution in [3.8, 4) is 5.75 Å². The highest BCUT2D eigenvalue weighted by Gasteiger charge is 2.28. The summed E-state index contributed by atoms with van der Waals surface area (Å²) < 4.78 is 42.9. The molecule has 1 aliphatic carbocycles. The Hall–Kier alpha value is -3.17. The van der Waals surface area contributed by atoms with E-state index in [9.17, 15) is 18.0 Å². The van der Waals surface area contributed by atoms with Gasteiger partial charge in [-0.3, -0.25) is 14.5 Å². The van der Waals surface area contributed by atoms with E-state index in [1.165, 1.54) is 12.3 Å². The Balaban J connectivity index is 1.44. The van der Waals surface area contributed by atoms with Crippen LogP contribution in [0.4, 0.5) is 19.0 Å². The lowest BCUT2D eigenvalue weighted by atomic mass is 10.2. The van der Waals surface area contributed by atoms with Gasteiger partial charge in [0.05, 0.1) is 29.3 Å². The Morgan fingerprint density at radius 1 is 1.24 bits per heavy atom. The minimum atomic E-state index is -4.40. The van der Waals surface area contributed by atoms with E-state index in [-0.39, 0.29) is 11.7 Å². The smallest absolute Gasteiger partial charge is 0.422 e. The number of aromatic nitrogens is 4. The van der Waals surface area contributed by atoms with Gasteiger partial charge in [-0.25, -0.2) is 4.98 Å². The summed E-state index contributed by atoms with van der Waals surface area (Å²) in [6.45, 7) is -1.05. The van der Waals surface area contributed by atoms with Crippen LogP contribution < -0.4 is 10.1 Å². The molecule has 3 aromatic heterocycles. The number of rotatable bonds is 7. The Labute approximate surface area is 163 Å². The molecule has 3 aromatic rings. The number of pyridine rings is 2. The first-order chi connectivity index (χ1) is 13.9. The summed E-state index contributed by atoms with van der Waals surface area (Å²) in [7, 11) is 0.